The first kappa shape index (κ1) is 13.4. The van der Waals surface area contributed by atoms with Gasteiger partial charge in [-0.15, -0.1) is 0 Å². The minimum atomic E-state index is -1.12. The fraction of sp³-hybridized carbons (Fsp3) is 0. The summed E-state index contributed by atoms with van der Waals surface area (Å²) in [6, 6.07) is 4.56. The van der Waals surface area contributed by atoms with E-state index >= 15 is 0 Å². The summed E-state index contributed by atoms with van der Waals surface area (Å²) in [6.07, 6.45) is 0. The van der Waals surface area contributed by atoms with Crippen LogP contribution in [0.3, 0.4) is 0 Å². The fourth-order valence-corrected chi connectivity index (χ4v) is 2.17. The van der Waals surface area contributed by atoms with Crippen molar-refractivity contribution >= 4 is 34.0 Å². The Balaban J connectivity index is 2.21. The van der Waals surface area contributed by atoms with Crippen LogP contribution in [0.15, 0.2) is 18.2 Å². The number of carbonyl (C=O) groups is 1. The summed E-state index contributed by atoms with van der Waals surface area (Å²) in [5, 5.41) is 11.1. The fourth-order valence-electron chi connectivity index (χ4n) is 1.23. The number of carbonyl (C=O) groups excluding carboxylic acids is 1. The van der Waals surface area contributed by atoms with Gasteiger partial charge in [0.1, 0.15) is 10.9 Å². The zero-order valence-corrected chi connectivity index (χ0v) is 10.6. The van der Waals surface area contributed by atoms with Gasteiger partial charge in [-0.25, -0.2) is 13.8 Å². The van der Waals surface area contributed by atoms with Crippen LogP contribution in [-0.2, 0) is 0 Å². The van der Waals surface area contributed by atoms with Gasteiger partial charge in [0.15, 0.2) is 21.9 Å². The summed E-state index contributed by atoms with van der Waals surface area (Å²) >= 11 is 6.52. The van der Waals surface area contributed by atoms with Crippen molar-refractivity contribution in [2.75, 3.05) is 5.32 Å². The van der Waals surface area contributed by atoms with E-state index in [0.717, 1.165) is 29.5 Å². The molecular formula is C11H4ClF2N3OS. The monoisotopic (exact) mass is 299 g/mol. The van der Waals surface area contributed by atoms with E-state index in [4.69, 9.17) is 16.9 Å². The molecule has 2 aromatic rings. The number of hydrogen-bond donors (Lipinski definition) is 1. The molecule has 0 radical (unpaired) electrons. The van der Waals surface area contributed by atoms with Crippen LogP contribution in [0.1, 0.15) is 15.2 Å². The second-order valence-corrected chi connectivity index (χ2v) is 4.69. The van der Waals surface area contributed by atoms with Crippen molar-refractivity contribution in [3.63, 3.8) is 0 Å². The van der Waals surface area contributed by atoms with Gasteiger partial charge in [-0.1, -0.05) is 22.9 Å². The smallest absolute Gasteiger partial charge is 0.257 e. The second-order valence-electron chi connectivity index (χ2n) is 3.33. The molecule has 0 bridgehead atoms. The Morgan fingerprint density at radius 2 is 2.16 bits per heavy atom. The molecule has 1 aromatic heterocycles. The molecule has 96 valence electrons. The lowest BCUT2D eigenvalue weighted by molar-refractivity contribution is 0.102. The highest BCUT2D eigenvalue weighted by atomic mass is 35.5. The summed E-state index contributed by atoms with van der Waals surface area (Å²) in [4.78, 5) is 15.6. The maximum absolute atomic E-state index is 13.0. The number of thiazole rings is 1. The third-order valence-electron chi connectivity index (χ3n) is 2.09. The molecule has 8 heteroatoms. The molecule has 0 aliphatic rings. The van der Waals surface area contributed by atoms with Gasteiger partial charge < -0.3 is 0 Å². The minimum Gasteiger partial charge on any atom is -0.298 e. The summed E-state index contributed by atoms with van der Waals surface area (Å²) < 4.78 is 25.7. The van der Waals surface area contributed by atoms with Crippen LogP contribution in [0.4, 0.5) is 13.9 Å². The molecule has 1 aromatic carbocycles. The lowest BCUT2D eigenvalue weighted by atomic mass is 10.2. The van der Waals surface area contributed by atoms with E-state index in [1.165, 1.54) is 0 Å². The van der Waals surface area contributed by atoms with E-state index in [2.05, 4.69) is 10.3 Å². The molecule has 0 atom stereocenters. The van der Waals surface area contributed by atoms with Crippen molar-refractivity contribution in [3.05, 3.63) is 45.4 Å². The van der Waals surface area contributed by atoms with Gasteiger partial charge in [-0.3, -0.25) is 10.1 Å². The Morgan fingerprint density at radius 1 is 1.42 bits per heavy atom. The van der Waals surface area contributed by atoms with Crippen LogP contribution in [-0.4, -0.2) is 10.9 Å². The molecule has 19 heavy (non-hydrogen) atoms. The normalized spacial score (nSPS) is 10.0. The maximum atomic E-state index is 13.0. The first-order valence-corrected chi connectivity index (χ1v) is 6.03. The quantitative estimate of drug-likeness (QED) is 0.926. The maximum Gasteiger partial charge on any atom is 0.257 e. The van der Waals surface area contributed by atoms with E-state index in [1.54, 1.807) is 0 Å². The summed E-state index contributed by atoms with van der Waals surface area (Å²) in [5.74, 6) is -2.84. The number of hydrogen-bond acceptors (Lipinski definition) is 4. The third-order valence-corrected chi connectivity index (χ3v) is 3.35. The molecule has 0 saturated heterocycles. The highest BCUT2D eigenvalue weighted by molar-refractivity contribution is 7.16. The van der Waals surface area contributed by atoms with Crippen molar-refractivity contribution in [3.8, 4) is 6.07 Å². The lowest BCUT2D eigenvalue weighted by Gasteiger charge is -2.01. The van der Waals surface area contributed by atoms with Crippen LogP contribution in [0.5, 0.6) is 0 Å². The second kappa shape index (κ2) is 5.30. The van der Waals surface area contributed by atoms with Crippen LogP contribution in [0.2, 0.25) is 5.15 Å². The van der Waals surface area contributed by atoms with Crippen LogP contribution >= 0.6 is 22.9 Å². The predicted octanol–water partition coefficient (Wildman–Crippen LogP) is 3.20. The number of nitriles is 1. The first-order chi connectivity index (χ1) is 9.01. The molecule has 2 rings (SSSR count). The number of anilines is 1. The molecule has 0 saturated carbocycles. The molecule has 4 nitrogen and oxygen atoms in total. The number of aromatic nitrogens is 1. The molecule has 0 aliphatic carbocycles. The van der Waals surface area contributed by atoms with E-state index in [0.29, 0.717) is 0 Å². The van der Waals surface area contributed by atoms with Crippen molar-refractivity contribution < 1.29 is 13.6 Å². The topological polar surface area (TPSA) is 65.8 Å². The molecule has 1 N–H and O–H groups in total. The third kappa shape index (κ3) is 2.86. The van der Waals surface area contributed by atoms with E-state index in [-0.39, 0.29) is 20.7 Å². The van der Waals surface area contributed by atoms with Gasteiger partial charge in [0.05, 0.1) is 0 Å². The SMILES string of the molecule is N#Cc1sc(NC(=O)c2ccc(F)c(F)c2)nc1Cl. The Morgan fingerprint density at radius 3 is 2.74 bits per heavy atom. The van der Waals surface area contributed by atoms with Crippen molar-refractivity contribution in [1.82, 2.24) is 4.98 Å². The molecule has 1 heterocycles. The number of benzene rings is 1. The van der Waals surface area contributed by atoms with Gasteiger partial charge in [0.25, 0.3) is 5.91 Å². The van der Waals surface area contributed by atoms with Crippen molar-refractivity contribution in [2.45, 2.75) is 0 Å². The van der Waals surface area contributed by atoms with E-state index < -0.39 is 17.5 Å². The van der Waals surface area contributed by atoms with Crippen LogP contribution in [0, 0.1) is 23.0 Å². The van der Waals surface area contributed by atoms with Crippen molar-refractivity contribution in [2.24, 2.45) is 0 Å². The van der Waals surface area contributed by atoms with Gasteiger partial charge in [-0.2, -0.15) is 5.26 Å². The Hall–Kier alpha value is -2.04. The predicted molar refractivity (Wildman–Crippen MR) is 66.2 cm³/mol. The number of rotatable bonds is 2. The van der Waals surface area contributed by atoms with E-state index in [9.17, 15) is 13.6 Å². The molecule has 1 amide bonds. The highest BCUT2D eigenvalue weighted by Crippen LogP contribution is 2.26. The minimum absolute atomic E-state index is 0.0203. The average Bonchev–Trinajstić information content (AvgIpc) is 2.72. The van der Waals surface area contributed by atoms with Crippen LogP contribution in [0.25, 0.3) is 0 Å². The number of nitrogens with one attached hydrogen (secondary N) is 1. The number of amides is 1. The Labute approximate surface area is 115 Å². The molecule has 0 aliphatic heterocycles. The molecule has 0 unspecified atom stereocenters. The summed E-state index contributed by atoms with van der Waals surface area (Å²) in [5.41, 5.74) is -0.0660. The van der Waals surface area contributed by atoms with Gasteiger partial charge in [-0.05, 0) is 18.2 Å². The average molecular weight is 300 g/mol. The van der Waals surface area contributed by atoms with Gasteiger partial charge in [0, 0.05) is 5.56 Å². The van der Waals surface area contributed by atoms with Gasteiger partial charge >= 0.3 is 0 Å². The standard InChI is InChI=1S/C11H4ClF2N3OS/c12-9-8(4-15)19-11(16-9)17-10(18)5-1-2-6(13)7(14)3-5/h1-3H,(H,16,17,18). The van der Waals surface area contributed by atoms with Gasteiger partial charge in [0.2, 0.25) is 0 Å². The van der Waals surface area contributed by atoms with Crippen molar-refractivity contribution in [1.29, 1.82) is 5.26 Å². The summed E-state index contributed by atoms with van der Waals surface area (Å²) in [7, 11) is 0. The number of halogens is 3. The number of nitrogens with zero attached hydrogens (tertiary/aromatic N) is 2. The first-order valence-electron chi connectivity index (χ1n) is 4.84. The molecule has 0 fully saturated rings. The van der Waals surface area contributed by atoms with Crippen LogP contribution < -0.4 is 5.32 Å². The Kier molecular flexibility index (Phi) is 3.74. The lowest BCUT2D eigenvalue weighted by Crippen LogP contribution is -2.12. The zero-order chi connectivity index (χ0) is 14.0. The van der Waals surface area contributed by atoms with E-state index in [1.807, 2.05) is 6.07 Å². The molecular weight excluding hydrogens is 296 g/mol. The Bertz CT molecular complexity index is 696. The largest absolute Gasteiger partial charge is 0.298 e. The highest BCUT2D eigenvalue weighted by Gasteiger charge is 2.14. The summed E-state index contributed by atoms with van der Waals surface area (Å²) in [6.45, 7) is 0. The molecule has 0 spiro atoms. The zero-order valence-electron chi connectivity index (χ0n) is 9.08.